The number of aryl methyl sites for hydroxylation is 1. The fourth-order valence-corrected chi connectivity index (χ4v) is 3.28. The molecule has 0 atom stereocenters. The Hall–Kier alpha value is -2.35. The number of carbonyl (C=O) groups is 1. The topological polar surface area (TPSA) is 26.3 Å². The van der Waals surface area contributed by atoms with E-state index in [1.54, 1.807) is 0 Å². The van der Waals surface area contributed by atoms with Gasteiger partial charge in [-0.05, 0) is 53.4 Å². The third-order valence-corrected chi connectivity index (χ3v) is 5.16. The fraction of sp³-hybridized carbons (Fsp3) is 0.375. The highest BCUT2D eigenvalue weighted by atomic mass is 16.5. The number of hydrogen-bond donors (Lipinski definition) is 0. The van der Waals surface area contributed by atoms with E-state index in [-0.39, 0.29) is 5.97 Å². The van der Waals surface area contributed by atoms with Crippen molar-refractivity contribution >= 4 is 11.5 Å². The Morgan fingerprint density at radius 1 is 1.00 bits per heavy atom. The Morgan fingerprint density at radius 3 is 2.38 bits per heavy atom. The molecule has 0 heterocycles. The molecule has 0 saturated carbocycles. The van der Waals surface area contributed by atoms with Crippen LogP contribution in [0.25, 0.3) is 5.57 Å². The van der Waals surface area contributed by atoms with Gasteiger partial charge < -0.3 is 4.74 Å². The van der Waals surface area contributed by atoms with Crippen LogP contribution >= 0.6 is 0 Å². The molecule has 2 nitrogen and oxygen atoms in total. The second kappa shape index (κ2) is 8.35. The molecule has 2 heteroatoms. The molecule has 0 unspecified atom stereocenters. The van der Waals surface area contributed by atoms with Gasteiger partial charge in [-0.1, -0.05) is 74.5 Å². The van der Waals surface area contributed by atoms with Gasteiger partial charge in [-0.15, -0.1) is 0 Å². The van der Waals surface area contributed by atoms with Crippen LogP contribution in [0.2, 0.25) is 0 Å². The van der Waals surface area contributed by atoms with Crippen LogP contribution in [-0.2, 0) is 22.6 Å². The molecule has 0 saturated heterocycles. The Labute approximate surface area is 156 Å². The normalized spacial score (nSPS) is 16.0. The number of carbonyl (C=O) groups excluding carboxylic acids is 1. The van der Waals surface area contributed by atoms with Gasteiger partial charge in [0.1, 0.15) is 6.61 Å². The molecule has 3 rings (SSSR count). The number of hydrogen-bond acceptors (Lipinski definition) is 2. The number of allylic oxidation sites excluding steroid dienone is 2. The number of esters is 1. The molecule has 2 aromatic carbocycles. The van der Waals surface area contributed by atoms with Gasteiger partial charge in [0.05, 0.1) is 0 Å². The summed E-state index contributed by atoms with van der Waals surface area (Å²) in [6, 6.07) is 18.4. The van der Waals surface area contributed by atoms with E-state index in [1.807, 2.05) is 30.3 Å². The van der Waals surface area contributed by atoms with Crippen molar-refractivity contribution in [2.24, 2.45) is 5.41 Å². The monoisotopic (exact) mass is 348 g/mol. The minimum Gasteiger partial charge on any atom is -0.461 e. The lowest BCUT2D eigenvalue weighted by Gasteiger charge is -2.28. The lowest BCUT2D eigenvalue weighted by molar-refractivity contribution is -0.144. The Balaban J connectivity index is 1.47. The largest absolute Gasteiger partial charge is 0.461 e. The van der Waals surface area contributed by atoms with Crippen molar-refractivity contribution in [3.05, 3.63) is 77.4 Å². The van der Waals surface area contributed by atoms with Crippen molar-refractivity contribution in [3.8, 4) is 0 Å². The van der Waals surface area contributed by atoms with Crippen molar-refractivity contribution in [2.45, 2.75) is 52.6 Å². The average molecular weight is 348 g/mol. The lowest BCUT2D eigenvalue weighted by atomic mass is 9.77. The summed E-state index contributed by atoms with van der Waals surface area (Å²) in [7, 11) is 0. The van der Waals surface area contributed by atoms with Crippen LogP contribution in [-0.4, -0.2) is 5.97 Å². The van der Waals surface area contributed by atoms with E-state index < -0.39 is 0 Å². The van der Waals surface area contributed by atoms with E-state index in [2.05, 4.69) is 44.2 Å². The summed E-state index contributed by atoms with van der Waals surface area (Å²) in [6.07, 6.45) is 7.08. The molecule has 136 valence electrons. The standard InChI is InChI=1S/C24H28O2/c1-24(2)16-14-22(15-17-24)21-11-8-19(9-12-21)10-13-23(25)26-18-20-6-4-3-5-7-20/h3-9,11-12,14H,10,13,15-18H2,1-2H3. The highest BCUT2D eigenvalue weighted by Gasteiger charge is 2.21. The molecule has 0 fully saturated rings. The highest BCUT2D eigenvalue weighted by Crippen LogP contribution is 2.37. The summed E-state index contributed by atoms with van der Waals surface area (Å²) < 4.78 is 5.34. The first kappa shape index (κ1) is 18.4. The molecular formula is C24H28O2. The summed E-state index contributed by atoms with van der Waals surface area (Å²) >= 11 is 0. The third kappa shape index (κ3) is 5.32. The molecule has 0 N–H and O–H groups in total. The van der Waals surface area contributed by atoms with Gasteiger partial charge in [0.25, 0.3) is 0 Å². The van der Waals surface area contributed by atoms with Crippen molar-refractivity contribution in [3.63, 3.8) is 0 Å². The zero-order valence-corrected chi connectivity index (χ0v) is 15.8. The van der Waals surface area contributed by atoms with E-state index in [0.29, 0.717) is 18.4 Å². The summed E-state index contributed by atoms with van der Waals surface area (Å²) in [5.74, 6) is -0.143. The van der Waals surface area contributed by atoms with Gasteiger partial charge in [0.15, 0.2) is 0 Å². The van der Waals surface area contributed by atoms with Gasteiger partial charge in [-0.25, -0.2) is 0 Å². The van der Waals surface area contributed by atoms with Crippen LogP contribution in [0.15, 0.2) is 60.7 Å². The van der Waals surface area contributed by atoms with Crippen LogP contribution in [0.1, 0.15) is 56.2 Å². The van der Waals surface area contributed by atoms with E-state index in [0.717, 1.165) is 24.8 Å². The van der Waals surface area contributed by atoms with E-state index in [1.165, 1.54) is 23.1 Å². The third-order valence-electron chi connectivity index (χ3n) is 5.16. The summed E-state index contributed by atoms with van der Waals surface area (Å²) in [5.41, 5.74) is 5.41. The van der Waals surface area contributed by atoms with Gasteiger partial charge in [-0.2, -0.15) is 0 Å². The molecule has 2 aromatic rings. The van der Waals surface area contributed by atoms with Gasteiger partial charge in [-0.3, -0.25) is 4.79 Å². The highest BCUT2D eigenvalue weighted by molar-refractivity contribution is 5.70. The van der Waals surface area contributed by atoms with Crippen LogP contribution in [0.3, 0.4) is 0 Å². The first-order chi connectivity index (χ1) is 12.5. The first-order valence-corrected chi connectivity index (χ1v) is 9.50. The van der Waals surface area contributed by atoms with E-state index in [9.17, 15) is 4.79 Å². The van der Waals surface area contributed by atoms with Crippen molar-refractivity contribution in [2.75, 3.05) is 0 Å². The maximum Gasteiger partial charge on any atom is 0.306 e. The van der Waals surface area contributed by atoms with Gasteiger partial charge >= 0.3 is 5.97 Å². The van der Waals surface area contributed by atoms with Crippen molar-refractivity contribution < 1.29 is 9.53 Å². The zero-order valence-electron chi connectivity index (χ0n) is 15.8. The molecule has 0 amide bonds. The predicted octanol–water partition coefficient (Wildman–Crippen LogP) is 5.96. The summed E-state index contributed by atoms with van der Waals surface area (Å²) in [4.78, 5) is 11.9. The molecule has 0 aliphatic heterocycles. The maximum absolute atomic E-state index is 11.9. The van der Waals surface area contributed by atoms with Gasteiger partial charge in [0.2, 0.25) is 0 Å². The molecule has 0 bridgehead atoms. The molecule has 0 spiro atoms. The molecule has 1 aliphatic carbocycles. The lowest BCUT2D eigenvalue weighted by Crippen LogP contribution is -2.14. The molecule has 0 radical (unpaired) electrons. The van der Waals surface area contributed by atoms with Crippen LogP contribution in [0.4, 0.5) is 0 Å². The minimum atomic E-state index is -0.143. The first-order valence-electron chi connectivity index (χ1n) is 9.50. The van der Waals surface area contributed by atoms with E-state index >= 15 is 0 Å². The zero-order chi connectivity index (χ0) is 18.4. The fourth-order valence-electron chi connectivity index (χ4n) is 3.28. The summed E-state index contributed by atoms with van der Waals surface area (Å²) in [5, 5.41) is 0. The minimum absolute atomic E-state index is 0.143. The molecule has 1 aliphatic rings. The Bertz CT molecular complexity index is 755. The van der Waals surface area contributed by atoms with Crippen molar-refractivity contribution in [1.82, 2.24) is 0 Å². The Morgan fingerprint density at radius 2 is 1.73 bits per heavy atom. The van der Waals surface area contributed by atoms with Crippen LogP contribution in [0.5, 0.6) is 0 Å². The van der Waals surface area contributed by atoms with Crippen molar-refractivity contribution in [1.29, 1.82) is 0 Å². The number of ether oxygens (including phenoxy) is 1. The number of rotatable bonds is 6. The molecular weight excluding hydrogens is 320 g/mol. The average Bonchev–Trinajstić information content (AvgIpc) is 2.66. The molecule has 26 heavy (non-hydrogen) atoms. The second-order valence-electron chi connectivity index (χ2n) is 7.94. The quantitative estimate of drug-likeness (QED) is 0.602. The van der Waals surface area contributed by atoms with Crippen LogP contribution in [0, 0.1) is 5.41 Å². The maximum atomic E-state index is 11.9. The molecule has 0 aromatic heterocycles. The summed E-state index contributed by atoms with van der Waals surface area (Å²) in [6.45, 7) is 5.02. The smallest absolute Gasteiger partial charge is 0.306 e. The second-order valence-corrected chi connectivity index (χ2v) is 7.94. The van der Waals surface area contributed by atoms with Gasteiger partial charge in [0, 0.05) is 6.42 Å². The Kier molecular flexibility index (Phi) is 5.92. The SMILES string of the molecule is CC1(C)CC=C(c2ccc(CCC(=O)OCc3ccccc3)cc2)CC1. The van der Waals surface area contributed by atoms with Crippen LogP contribution < -0.4 is 0 Å². The van der Waals surface area contributed by atoms with E-state index in [4.69, 9.17) is 4.74 Å². The predicted molar refractivity (Wildman–Crippen MR) is 107 cm³/mol. The number of benzene rings is 2.